The molecule has 1 aliphatic rings. The van der Waals surface area contributed by atoms with E-state index in [0.717, 1.165) is 12.2 Å². The maximum atomic E-state index is 10.6. The summed E-state index contributed by atoms with van der Waals surface area (Å²) in [5, 5.41) is 0. The van der Waals surface area contributed by atoms with Crippen LogP contribution in [-0.4, -0.2) is 38.1 Å². The van der Waals surface area contributed by atoms with Gasteiger partial charge in [0, 0.05) is 17.7 Å². The van der Waals surface area contributed by atoms with Crippen molar-refractivity contribution in [1.29, 1.82) is 0 Å². The Balaban J connectivity index is 0.000000351. The van der Waals surface area contributed by atoms with E-state index in [9.17, 15) is 19.2 Å². The first-order valence-corrected chi connectivity index (χ1v) is 4.67. The van der Waals surface area contributed by atoms with E-state index in [1.165, 1.54) is 14.2 Å². The highest BCUT2D eigenvalue weighted by atomic mass is 16.6. The van der Waals surface area contributed by atoms with Crippen LogP contribution in [0.2, 0.25) is 0 Å². The van der Waals surface area contributed by atoms with Crippen molar-refractivity contribution in [3.8, 4) is 0 Å². The van der Waals surface area contributed by atoms with Crippen molar-refractivity contribution in [3.05, 3.63) is 24.3 Å². The number of carbonyl (C=O) groups excluding carboxylic acids is 4. The van der Waals surface area contributed by atoms with E-state index in [0.29, 0.717) is 0 Å². The van der Waals surface area contributed by atoms with Gasteiger partial charge in [0.25, 0.3) is 0 Å². The predicted molar refractivity (Wildman–Crippen MR) is 58.0 cm³/mol. The molecule has 1 rings (SSSR count). The van der Waals surface area contributed by atoms with Gasteiger partial charge >= 0.3 is 23.9 Å². The minimum absolute atomic E-state index is 0.0966. The maximum Gasteiger partial charge on any atom is 0.338 e. The van der Waals surface area contributed by atoms with Gasteiger partial charge in [0.15, 0.2) is 0 Å². The van der Waals surface area contributed by atoms with Crippen molar-refractivity contribution < 1.29 is 33.4 Å². The standard InChI is InChI=1S/C7H10O4.C4H2O3/c1-5(7(9)11-3)4-6(8)10-2;5-3-1-2-4(6)7-3/h1,4H2,2-3H3;1-2H. The van der Waals surface area contributed by atoms with Crippen LogP contribution in [0.15, 0.2) is 24.3 Å². The highest BCUT2D eigenvalue weighted by molar-refractivity contribution is 6.04. The van der Waals surface area contributed by atoms with E-state index >= 15 is 0 Å². The van der Waals surface area contributed by atoms with Crippen LogP contribution >= 0.6 is 0 Å². The lowest BCUT2D eigenvalue weighted by Gasteiger charge is -2.00. The van der Waals surface area contributed by atoms with Crippen LogP contribution in [0, 0.1) is 0 Å². The topological polar surface area (TPSA) is 96.0 Å². The lowest BCUT2D eigenvalue weighted by Crippen LogP contribution is -2.09. The molecule has 0 saturated heterocycles. The largest absolute Gasteiger partial charge is 0.469 e. The fourth-order valence-electron chi connectivity index (χ4n) is 0.766. The van der Waals surface area contributed by atoms with E-state index in [-0.39, 0.29) is 12.0 Å². The van der Waals surface area contributed by atoms with E-state index in [2.05, 4.69) is 20.8 Å². The van der Waals surface area contributed by atoms with Gasteiger partial charge in [0.2, 0.25) is 0 Å². The van der Waals surface area contributed by atoms with Gasteiger partial charge in [-0.3, -0.25) is 4.79 Å². The summed E-state index contributed by atoms with van der Waals surface area (Å²) in [6.07, 6.45) is 2.05. The highest BCUT2D eigenvalue weighted by Crippen LogP contribution is 2.00. The number of hydrogen-bond acceptors (Lipinski definition) is 7. The van der Waals surface area contributed by atoms with Gasteiger partial charge < -0.3 is 14.2 Å². The zero-order valence-corrected chi connectivity index (χ0v) is 9.93. The Morgan fingerprint density at radius 1 is 1.17 bits per heavy atom. The average molecular weight is 256 g/mol. The summed E-state index contributed by atoms with van der Waals surface area (Å²) in [5.74, 6) is -2.24. The number of cyclic esters (lactones) is 2. The number of rotatable bonds is 3. The Labute approximate surface area is 103 Å². The number of hydrogen-bond donors (Lipinski definition) is 0. The van der Waals surface area contributed by atoms with Crippen LogP contribution in [0.5, 0.6) is 0 Å². The summed E-state index contributed by atoms with van der Waals surface area (Å²) in [7, 11) is 2.47. The van der Waals surface area contributed by atoms with Crippen LogP contribution in [0.25, 0.3) is 0 Å². The van der Waals surface area contributed by atoms with Gasteiger partial charge in [-0.2, -0.15) is 0 Å². The number of carbonyl (C=O) groups is 4. The lowest BCUT2D eigenvalue weighted by molar-refractivity contribution is -0.150. The Morgan fingerprint density at radius 2 is 1.67 bits per heavy atom. The molecule has 0 spiro atoms. The molecule has 98 valence electrons. The van der Waals surface area contributed by atoms with Crippen molar-refractivity contribution in [1.82, 2.24) is 0 Å². The minimum Gasteiger partial charge on any atom is -0.469 e. The fraction of sp³-hybridized carbons (Fsp3) is 0.273. The summed E-state index contributed by atoms with van der Waals surface area (Å²) in [6, 6.07) is 0. The smallest absolute Gasteiger partial charge is 0.338 e. The van der Waals surface area contributed by atoms with Crippen molar-refractivity contribution >= 4 is 23.9 Å². The Morgan fingerprint density at radius 3 is 1.94 bits per heavy atom. The molecule has 0 amide bonds. The molecule has 0 N–H and O–H groups in total. The maximum absolute atomic E-state index is 10.6. The average Bonchev–Trinajstić information content (AvgIpc) is 2.72. The molecular formula is C11H12O7. The third-order valence-corrected chi connectivity index (χ3v) is 1.62. The molecule has 0 unspecified atom stereocenters. The van der Waals surface area contributed by atoms with Gasteiger partial charge in [-0.15, -0.1) is 0 Å². The quantitative estimate of drug-likeness (QED) is 0.301. The molecule has 0 aromatic heterocycles. The molecular weight excluding hydrogens is 244 g/mol. The van der Waals surface area contributed by atoms with Gasteiger partial charge in [-0.25, -0.2) is 14.4 Å². The summed E-state index contributed by atoms with van der Waals surface area (Å²) in [4.78, 5) is 41.0. The van der Waals surface area contributed by atoms with Crippen LogP contribution in [-0.2, 0) is 33.4 Å². The second kappa shape index (κ2) is 7.77. The van der Waals surface area contributed by atoms with E-state index in [1.54, 1.807) is 0 Å². The number of methoxy groups -OCH3 is 2. The monoisotopic (exact) mass is 256 g/mol. The zero-order chi connectivity index (χ0) is 14.1. The Bertz CT molecular complexity index is 390. The number of esters is 4. The molecule has 0 aromatic carbocycles. The third kappa shape index (κ3) is 6.21. The molecule has 0 aromatic rings. The Hall–Kier alpha value is -2.44. The number of ether oxygens (including phenoxy) is 3. The van der Waals surface area contributed by atoms with Crippen molar-refractivity contribution in [2.24, 2.45) is 0 Å². The van der Waals surface area contributed by atoms with Crippen molar-refractivity contribution in [2.75, 3.05) is 14.2 Å². The molecule has 7 heteroatoms. The Kier molecular flexibility index (Phi) is 6.72. The van der Waals surface area contributed by atoms with E-state index in [1.807, 2.05) is 0 Å². The SMILES string of the molecule is C=C(CC(=O)OC)C(=O)OC.O=C1C=CC(=O)O1. The van der Waals surface area contributed by atoms with E-state index < -0.39 is 23.9 Å². The fourth-order valence-corrected chi connectivity index (χ4v) is 0.766. The molecule has 1 aliphatic heterocycles. The van der Waals surface area contributed by atoms with Gasteiger partial charge in [-0.05, 0) is 0 Å². The molecule has 0 atom stereocenters. The zero-order valence-electron chi connectivity index (χ0n) is 9.93. The van der Waals surface area contributed by atoms with Gasteiger partial charge in [-0.1, -0.05) is 6.58 Å². The molecule has 0 radical (unpaired) electrons. The minimum atomic E-state index is -0.588. The summed E-state index contributed by atoms with van der Waals surface area (Å²) >= 11 is 0. The highest BCUT2D eigenvalue weighted by Gasteiger charge is 2.11. The third-order valence-electron chi connectivity index (χ3n) is 1.62. The first kappa shape index (κ1) is 15.6. The predicted octanol–water partition coefficient (Wildman–Crippen LogP) is -0.0953. The van der Waals surface area contributed by atoms with Crippen LogP contribution in [0.1, 0.15) is 6.42 Å². The second-order valence-electron chi connectivity index (χ2n) is 2.92. The molecule has 0 saturated carbocycles. The van der Waals surface area contributed by atoms with Crippen LogP contribution in [0.4, 0.5) is 0 Å². The van der Waals surface area contributed by atoms with Crippen LogP contribution in [0.3, 0.4) is 0 Å². The van der Waals surface area contributed by atoms with Gasteiger partial charge in [0.1, 0.15) is 0 Å². The molecule has 0 aliphatic carbocycles. The summed E-state index contributed by atoms with van der Waals surface area (Å²) < 4.78 is 12.6. The van der Waals surface area contributed by atoms with Gasteiger partial charge in [0.05, 0.1) is 20.6 Å². The molecule has 18 heavy (non-hydrogen) atoms. The second-order valence-corrected chi connectivity index (χ2v) is 2.92. The normalized spacial score (nSPS) is 12.1. The molecule has 0 fully saturated rings. The molecule has 1 heterocycles. The van der Waals surface area contributed by atoms with Crippen LogP contribution < -0.4 is 0 Å². The van der Waals surface area contributed by atoms with Crippen molar-refractivity contribution in [3.63, 3.8) is 0 Å². The summed E-state index contributed by atoms with van der Waals surface area (Å²) in [5.41, 5.74) is 0.0966. The summed E-state index contributed by atoms with van der Waals surface area (Å²) in [6.45, 7) is 3.34. The first-order chi connectivity index (χ1) is 8.40. The molecule has 0 bridgehead atoms. The molecule has 7 nitrogen and oxygen atoms in total. The first-order valence-electron chi connectivity index (χ1n) is 4.67. The van der Waals surface area contributed by atoms with E-state index in [4.69, 9.17) is 0 Å². The lowest BCUT2D eigenvalue weighted by atomic mass is 10.2. The van der Waals surface area contributed by atoms with Crippen molar-refractivity contribution in [2.45, 2.75) is 6.42 Å².